The van der Waals surface area contributed by atoms with Gasteiger partial charge in [-0.15, -0.1) is 0 Å². The van der Waals surface area contributed by atoms with E-state index in [0.717, 1.165) is 28.4 Å². The molecule has 0 amide bonds. The summed E-state index contributed by atoms with van der Waals surface area (Å²) in [4.78, 5) is 8.73. The minimum Gasteiger partial charge on any atom is -0.497 e. The standard InChI is InChI=1S/C15H18N2O2/c1-10-14(11(2)18)9-16-15(17-10)8-12-4-6-13(19-3)7-5-12/h4-7,9,11,18H,8H2,1-3H3. The van der Waals surface area contributed by atoms with E-state index >= 15 is 0 Å². The minimum absolute atomic E-state index is 0.532. The van der Waals surface area contributed by atoms with Crippen LogP contribution >= 0.6 is 0 Å². The Morgan fingerprint density at radius 3 is 2.47 bits per heavy atom. The first kappa shape index (κ1) is 13.5. The maximum absolute atomic E-state index is 9.55. The number of hydrogen-bond donors (Lipinski definition) is 1. The molecule has 0 aliphatic heterocycles. The fraction of sp³-hybridized carbons (Fsp3) is 0.333. The third-order valence-corrected chi connectivity index (χ3v) is 3.04. The molecule has 1 aromatic carbocycles. The number of aromatic nitrogens is 2. The van der Waals surface area contributed by atoms with Gasteiger partial charge in [-0.2, -0.15) is 0 Å². The Hall–Kier alpha value is -1.94. The molecule has 0 saturated carbocycles. The normalized spacial score (nSPS) is 12.2. The van der Waals surface area contributed by atoms with Gasteiger partial charge in [0.2, 0.25) is 0 Å². The molecule has 19 heavy (non-hydrogen) atoms. The van der Waals surface area contributed by atoms with Crippen LogP contribution in [0.25, 0.3) is 0 Å². The van der Waals surface area contributed by atoms with Crippen LogP contribution in [0.1, 0.15) is 35.7 Å². The summed E-state index contributed by atoms with van der Waals surface area (Å²) >= 11 is 0. The van der Waals surface area contributed by atoms with Gasteiger partial charge in [0.1, 0.15) is 11.6 Å². The van der Waals surface area contributed by atoms with Crippen LogP contribution in [-0.4, -0.2) is 22.2 Å². The van der Waals surface area contributed by atoms with Crippen LogP contribution in [0.2, 0.25) is 0 Å². The van der Waals surface area contributed by atoms with Crippen molar-refractivity contribution in [2.24, 2.45) is 0 Å². The highest BCUT2D eigenvalue weighted by molar-refractivity contribution is 5.29. The smallest absolute Gasteiger partial charge is 0.132 e. The van der Waals surface area contributed by atoms with Crippen molar-refractivity contribution in [1.82, 2.24) is 9.97 Å². The molecule has 0 fully saturated rings. The zero-order valence-electron chi connectivity index (χ0n) is 11.4. The molecule has 0 aliphatic rings. The predicted molar refractivity (Wildman–Crippen MR) is 73.2 cm³/mol. The molecule has 1 atom stereocenters. The van der Waals surface area contributed by atoms with Crippen molar-refractivity contribution >= 4 is 0 Å². The van der Waals surface area contributed by atoms with Crippen molar-refractivity contribution < 1.29 is 9.84 Å². The van der Waals surface area contributed by atoms with Gasteiger partial charge < -0.3 is 9.84 Å². The van der Waals surface area contributed by atoms with E-state index < -0.39 is 6.10 Å². The lowest BCUT2D eigenvalue weighted by molar-refractivity contribution is 0.197. The number of aliphatic hydroxyl groups is 1. The topological polar surface area (TPSA) is 55.2 Å². The maximum Gasteiger partial charge on any atom is 0.132 e. The first-order valence-corrected chi connectivity index (χ1v) is 6.23. The molecule has 2 rings (SSSR count). The second kappa shape index (κ2) is 5.80. The van der Waals surface area contributed by atoms with Crippen LogP contribution in [-0.2, 0) is 6.42 Å². The van der Waals surface area contributed by atoms with E-state index in [9.17, 15) is 5.11 Å². The van der Waals surface area contributed by atoms with Gasteiger partial charge in [-0.3, -0.25) is 0 Å². The fourth-order valence-electron chi connectivity index (χ4n) is 1.95. The number of aryl methyl sites for hydroxylation is 1. The van der Waals surface area contributed by atoms with Crippen LogP contribution in [0.15, 0.2) is 30.5 Å². The van der Waals surface area contributed by atoms with E-state index in [1.54, 1.807) is 20.2 Å². The molecule has 100 valence electrons. The summed E-state index contributed by atoms with van der Waals surface area (Å²) in [6, 6.07) is 7.85. The second-order valence-corrected chi connectivity index (χ2v) is 4.53. The number of ether oxygens (including phenoxy) is 1. The first-order valence-electron chi connectivity index (χ1n) is 6.23. The molecule has 0 aliphatic carbocycles. The number of rotatable bonds is 4. The van der Waals surface area contributed by atoms with Crippen molar-refractivity contribution in [1.29, 1.82) is 0 Å². The third-order valence-electron chi connectivity index (χ3n) is 3.04. The molecule has 0 bridgehead atoms. The van der Waals surface area contributed by atoms with Gasteiger partial charge in [0.15, 0.2) is 0 Å². The van der Waals surface area contributed by atoms with Crippen LogP contribution < -0.4 is 4.74 Å². The number of benzene rings is 1. The van der Waals surface area contributed by atoms with E-state index in [2.05, 4.69) is 9.97 Å². The van der Waals surface area contributed by atoms with Crippen molar-refractivity contribution in [3.05, 3.63) is 53.1 Å². The fourth-order valence-corrected chi connectivity index (χ4v) is 1.95. The summed E-state index contributed by atoms with van der Waals surface area (Å²) in [5, 5.41) is 9.55. The lowest BCUT2D eigenvalue weighted by Crippen LogP contribution is -2.04. The molecule has 0 saturated heterocycles. The Bertz CT molecular complexity index is 551. The molecule has 1 unspecified atom stereocenters. The SMILES string of the molecule is COc1ccc(Cc2ncc(C(C)O)c(C)n2)cc1. The van der Waals surface area contributed by atoms with Crippen molar-refractivity contribution in [2.45, 2.75) is 26.4 Å². The molecule has 4 nitrogen and oxygen atoms in total. The molecule has 4 heteroatoms. The highest BCUT2D eigenvalue weighted by Gasteiger charge is 2.08. The van der Waals surface area contributed by atoms with Crippen molar-refractivity contribution in [3.8, 4) is 5.75 Å². The van der Waals surface area contributed by atoms with Gasteiger partial charge in [-0.1, -0.05) is 12.1 Å². The zero-order valence-corrected chi connectivity index (χ0v) is 11.4. The van der Waals surface area contributed by atoms with Crippen LogP contribution in [0.3, 0.4) is 0 Å². The number of methoxy groups -OCH3 is 1. The molecule has 0 spiro atoms. The van der Waals surface area contributed by atoms with E-state index in [0.29, 0.717) is 6.42 Å². The summed E-state index contributed by atoms with van der Waals surface area (Å²) in [6.45, 7) is 3.61. The average Bonchev–Trinajstić information content (AvgIpc) is 2.39. The molecular formula is C15H18N2O2. The Balaban J connectivity index is 2.16. The predicted octanol–water partition coefficient (Wildman–Crippen LogP) is 2.44. The van der Waals surface area contributed by atoms with Gasteiger partial charge in [-0.05, 0) is 31.5 Å². The highest BCUT2D eigenvalue weighted by atomic mass is 16.5. The summed E-state index contributed by atoms with van der Waals surface area (Å²) in [6.07, 6.45) is 1.84. The molecule has 0 radical (unpaired) electrons. The molecular weight excluding hydrogens is 240 g/mol. The van der Waals surface area contributed by atoms with Crippen LogP contribution in [0, 0.1) is 6.92 Å². The zero-order chi connectivity index (χ0) is 13.8. The molecule has 1 aromatic heterocycles. The maximum atomic E-state index is 9.55. The number of nitrogens with zero attached hydrogens (tertiary/aromatic N) is 2. The van der Waals surface area contributed by atoms with Gasteiger partial charge in [0.25, 0.3) is 0 Å². The summed E-state index contributed by atoms with van der Waals surface area (Å²) < 4.78 is 5.12. The largest absolute Gasteiger partial charge is 0.497 e. The van der Waals surface area contributed by atoms with Gasteiger partial charge >= 0.3 is 0 Å². The Labute approximate surface area is 113 Å². The Morgan fingerprint density at radius 1 is 1.26 bits per heavy atom. The lowest BCUT2D eigenvalue weighted by atomic mass is 10.1. The van der Waals surface area contributed by atoms with Crippen LogP contribution in [0.5, 0.6) is 5.75 Å². The quantitative estimate of drug-likeness (QED) is 0.915. The third kappa shape index (κ3) is 3.29. The highest BCUT2D eigenvalue weighted by Crippen LogP contribution is 2.16. The van der Waals surface area contributed by atoms with E-state index in [-0.39, 0.29) is 0 Å². The Kier molecular flexibility index (Phi) is 4.12. The van der Waals surface area contributed by atoms with E-state index in [4.69, 9.17) is 4.74 Å². The summed E-state index contributed by atoms with van der Waals surface area (Å²) in [7, 11) is 1.65. The molecule has 2 aromatic rings. The summed E-state index contributed by atoms with van der Waals surface area (Å²) in [5.74, 6) is 1.59. The second-order valence-electron chi connectivity index (χ2n) is 4.53. The first-order chi connectivity index (χ1) is 9.10. The van der Waals surface area contributed by atoms with E-state index in [1.165, 1.54) is 0 Å². The lowest BCUT2D eigenvalue weighted by Gasteiger charge is -2.09. The minimum atomic E-state index is -0.532. The van der Waals surface area contributed by atoms with Crippen molar-refractivity contribution in [3.63, 3.8) is 0 Å². The molecule has 1 N–H and O–H groups in total. The number of hydrogen-bond acceptors (Lipinski definition) is 4. The average molecular weight is 258 g/mol. The van der Waals surface area contributed by atoms with Gasteiger partial charge in [0, 0.05) is 23.9 Å². The van der Waals surface area contributed by atoms with Gasteiger partial charge in [-0.25, -0.2) is 9.97 Å². The monoisotopic (exact) mass is 258 g/mol. The summed E-state index contributed by atoms with van der Waals surface area (Å²) in [5.41, 5.74) is 2.73. The van der Waals surface area contributed by atoms with Gasteiger partial charge in [0.05, 0.1) is 13.2 Å². The van der Waals surface area contributed by atoms with E-state index in [1.807, 2.05) is 31.2 Å². The van der Waals surface area contributed by atoms with Crippen LogP contribution in [0.4, 0.5) is 0 Å². The molecule has 1 heterocycles. The Morgan fingerprint density at radius 2 is 1.95 bits per heavy atom. The number of aliphatic hydroxyl groups excluding tert-OH is 1. The van der Waals surface area contributed by atoms with Crippen molar-refractivity contribution in [2.75, 3.05) is 7.11 Å².